The van der Waals surface area contributed by atoms with Crippen LogP contribution < -0.4 is 5.73 Å². The molecule has 0 aromatic carbocycles. The summed E-state index contributed by atoms with van der Waals surface area (Å²) in [7, 11) is 0. The van der Waals surface area contributed by atoms with Gasteiger partial charge in [-0.25, -0.2) is 0 Å². The number of carboxylic acid groups (broad SMARTS) is 1. The highest BCUT2D eigenvalue weighted by Gasteiger charge is 2.11. The molecule has 0 aliphatic carbocycles. The number of hydrogen-bond acceptors (Lipinski definition) is 5. The average Bonchev–Trinajstić information content (AvgIpc) is 2.10. The standard InChI is InChI=1S/C8H15N3O4/c9-6(5-11(14)15)3-1-2-4-7(10)8(12)13/h7,9H,1-5,10H2,(H,12,13)/t7-/m0/s1. The topological polar surface area (TPSA) is 130 Å². The first kappa shape index (κ1) is 13.5. The molecule has 0 unspecified atom stereocenters. The Hall–Kier alpha value is -1.50. The van der Waals surface area contributed by atoms with Gasteiger partial charge in [0, 0.05) is 4.92 Å². The number of nitrogens with one attached hydrogen (secondary N) is 1. The highest BCUT2D eigenvalue weighted by molar-refractivity contribution is 5.82. The Bertz CT molecular complexity index is 254. The molecule has 0 rings (SSSR count). The van der Waals surface area contributed by atoms with E-state index in [1.807, 2.05) is 0 Å². The summed E-state index contributed by atoms with van der Waals surface area (Å²) in [5.74, 6) is -1.05. The maximum atomic E-state index is 10.3. The summed E-state index contributed by atoms with van der Waals surface area (Å²) < 4.78 is 0. The summed E-state index contributed by atoms with van der Waals surface area (Å²) in [6.45, 7) is -0.439. The quantitative estimate of drug-likeness (QED) is 0.232. The summed E-state index contributed by atoms with van der Waals surface area (Å²) >= 11 is 0. The van der Waals surface area contributed by atoms with Gasteiger partial charge in [-0.1, -0.05) is 6.42 Å². The summed E-state index contributed by atoms with van der Waals surface area (Å²) in [5, 5.41) is 25.7. The first-order chi connectivity index (χ1) is 6.93. The maximum Gasteiger partial charge on any atom is 0.320 e. The Kier molecular flexibility index (Phi) is 6.19. The number of hydrogen-bond donors (Lipinski definition) is 3. The van der Waals surface area contributed by atoms with Gasteiger partial charge in [0.25, 0.3) is 0 Å². The number of nitrogens with zero attached hydrogens (tertiary/aromatic N) is 1. The molecule has 15 heavy (non-hydrogen) atoms. The van der Waals surface area contributed by atoms with Crippen LogP contribution in [0.3, 0.4) is 0 Å². The van der Waals surface area contributed by atoms with Gasteiger partial charge in [-0.3, -0.25) is 14.9 Å². The Morgan fingerprint density at radius 3 is 2.60 bits per heavy atom. The molecule has 86 valence electrons. The third kappa shape index (κ3) is 7.56. The molecule has 0 aromatic rings. The van der Waals surface area contributed by atoms with E-state index < -0.39 is 23.5 Å². The van der Waals surface area contributed by atoms with E-state index in [-0.39, 0.29) is 5.71 Å². The Morgan fingerprint density at radius 1 is 1.53 bits per heavy atom. The van der Waals surface area contributed by atoms with Gasteiger partial charge in [-0.2, -0.15) is 0 Å². The Balaban J connectivity index is 3.50. The Labute approximate surface area is 86.9 Å². The zero-order chi connectivity index (χ0) is 11.8. The SMILES string of the molecule is N=C(CCCC[C@H](N)C(=O)O)C[N+](=O)[O-]. The Morgan fingerprint density at radius 2 is 2.13 bits per heavy atom. The maximum absolute atomic E-state index is 10.3. The normalized spacial score (nSPS) is 12.1. The van der Waals surface area contributed by atoms with Crippen molar-refractivity contribution in [3.05, 3.63) is 10.1 Å². The van der Waals surface area contributed by atoms with Crippen molar-refractivity contribution < 1.29 is 14.8 Å². The molecule has 0 spiro atoms. The van der Waals surface area contributed by atoms with Crippen LogP contribution in [0.5, 0.6) is 0 Å². The van der Waals surface area contributed by atoms with Crippen LogP contribution in [0, 0.1) is 15.5 Å². The lowest BCUT2D eigenvalue weighted by Crippen LogP contribution is -2.29. The number of carboxylic acids is 1. The van der Waals surface area contributed by atoms with Crippen molar-refractivity contribution in [1.82, 2.24) is 0 Å². The van der Waals surface area contributed by atoms with E-state index in [1.54, 1.807) is 0 Å². The van der Waals surface area contributed by atoms with Gasteiger partial charge in [0.2, 0.25) is 6.54 Å². The molecule has 0 aliphatic rings. The summed E-state index contributed by atoms with van der Waals surface area (Å²) in [4.78, 5) is 19.8. The number of unbranched alkanes of at least 4 members (excludes halogenated alkanes) is 1. The summed E-state index contributed by atoms with van der Waals surface area (Å²) in [6, 6.07) is -0.880. The van der Waals surface area contributed by atoms with Crippen LogP contribution in [-0.4, -0.2) is 34.3 Å². The van der Waals surface area contributed by atoms with Gasteiger partial charge in [0.1, 0.15) is 6.04 Å². The fourth-order valence-electron chi connectivity index (χ4n) is 1.06. The second-order valence-electron chi connectivity index (χ2n) is 3.28. The third-order valence-corrected chi connectivity index (χ3v) is 1.88. The molecule has 0 saturated heterocycles. The molecule has 7 nitrogen and oxygen atoms in total. The minimum Gasteiger partial charge on any atom is -0.480 e. The van der Waals surface area contributed by atoms with Gasteiger partial charge in [-0.15, -0.1) is 0 Å². The van der Waals surface area contributed by atoms with E-state index in [1.165, 1.54) is 0 Å². The van der Waals surface area contributed by atoms with Gasteiger partial charge in [-0.05, 0) is 19.3 Å². The van der Waals surface area contributed by atoms with E-state index in [0.717, 1.165) is 0 Å². The van der Waals surface area contributed by atoms with E-state index in [4.69, 9.17) is 16.2 Å². The fourth-order valence-corrected chi connectivity index (χ4v) is 1.06. The van der Waals surface area contributed by atoms with Gasteiger partial charge in [0.05, 0.1) is 5.71 Å². The van der Waals surface area contributed by atoms with Crippen LogP contribution in [0.1, 0.15) is 25.7 Å². The highest BCUT2D eigenvalue weighted by atomic mass is 16.6. The second kappa shape index (κ2) is 6.88. The van der Waals surface area contributed by atoms with Crippen molar-refractivity contribution in [2.24, 2.45) is 5.73 Å². The second-order valence-corrected chi connectivity index (χ2v) is 3.28. The lowest BCUT2D eigenvalue weighted by molar-refractivity contribution is -0.463. The van der Waals surface area contributed by atoms with Crippen LogP contribution in [-0.2, 0) is 4.79 Å². The monoisotopic (exact) mass is 217 g/mol. The van der Waals surface area contributed by atoms with Crippen LogP contribution in [0.15, 0.2) is 0 Å². The van der Waals surface area contributed by atoms with Crippen molar-refractivity contribution >= 4 is 11.7 Å². The van der Waals surface area contributed by atoms with E-state index in [2.05, 4.69) is 0 Å². The molecule has 0 radical (unpaired) electrons. The van der Waals surface area contributed by atoms with Crippen molar-refractivity contribution in [3.63, 3.8) is 0 Å². The fraction of sp³-hybridized carbons (Fsp3) is 0.750. The molecule has 0 fully saturated rings. The number of nitro groups is 1. The number of aliphatic carboxylic acids is 1. The van der Waals surface area contributed by atoms with E-state index in [0.29, 0.717) is 25.7 Å². The number of nitrogens with two attached hydrogens (primary N) is 1. The highest BCUT2D eigenvalue weighted by Crippen LogP contribution is 2.03. The van der Waals surface area contributed by atoms with Gasteiger partial charge < -0.3 is 16.2 Å². The van der Waals surface area contributed by atoms with Crippen molar-refractivity contribution in [2.75, 3.05) is 6.54 Å². The van der Waals surface area contributed by atoms with Crippen LogP contribution in [0.4, 0.5) is 0 Å². The number of rotatable bonds is 8. The molecule has 0 bridgehead atoms. The van der Waals surface area contributed by atoms with Gasteiger partial charge in [0.15, 0.2) is 0 Å². The average molecular weight is 217 g/mol. The van der Waals surface area contributed by atoms with Gasteiger partial charge >= 0.3 is 5.97 Å². The molecule has 0 saturated carbocycles. The first-order valence-electron chi connectivity index (χ1n) is 4.60. The van der Waals surface area contributed by atoms with E-state index in [9.17, 15) is 14.9 Å². The molecule has 4 N–H and O–H groups in total. The molecular formula is C8H15N3O4. The predicted octanol–water partition coefficient (Wildman–Crippen LogP) is 0.255. The van der Waals surface area contributed by atoms with Crippen molar-refractivity contribution in [3.8, 4) is 0 Å². The lowest BCUT2D eigenvalue weighted by Gasteiger charge is -2.05. The molecule has 0 amide bonds. The third-order valence-electron chi connectivity index (χ3n) is 1.88. The van der Waals surface area contributed by atoms with Crippen LogP contribution in [0.2, 0.25) is 0 Å². The minimum absolute atomic E-state index is 0.0592. The predicted molar refractivity (Wildman–Crippen MR) is 53.7 cm³/mol. The van der Waals surface area contributed by atoms with Crippen molar-refractivity contribution in [2.45, 2.75) is 31.7 Å². The lowest BCUT2D eigenvalue weighted by atomic mass is 10.1. The smallest absolute Gasteiger partial charge is 0.320 e. The molecule has 0 heterocycles. The van der Waals surface area contributed by atoms with Crippen LogP contribution in [0.25, 0.3) is 0 Å². The number of carbonyl (C=O) groups is 1. The summed E-state index contributed by atoms with van der Waals surface area (Å²) in [6.07, 6.45) is 1.79. The van der Waals surface area contributed by atoms with E-state index >= 15 is 0 Å². The van der Waals surface area contributed by atoms with Crippen molar-refractivity contribution in [1.29, 1.82) is 5.41 Å². The molecule has 0 aromatic heterocycles. The molecule has 0 aliphatic heterocycles. The zero-order valence-corrected chi connectivity index (χ0v) is 8.31. The van der Waals surface area contributed by atoms with Crippen LogP contribution >= 0.6 is 0 Å². The summed E-state index contributed by atoms with van der Waals surface area (Å²) in [5.41, 5.74) is 5.31. The molecule has 1 atom stereocenters. The molecule has 7 heteroatoms. The first-order valence-corrected chi connectivity index (χ1v) is 4.60. The largest absolute Gasteiger partial charge is 0.480 e. The molecular weight excluding hydrogens is 202 g/mol. The zero-order valence-electron chi connectivity index (χ0n) is 8.31. The minimum atomic E-state index is -1.05.